The van der Waals surface area contributed by atoms with Gasteiger partial charge in [-0.1, -0.05) is 25.1 Å². The quantitative estimate of drug-likeness (QED) is 0.638. The van der Waals surface area contributed by atoms with Crippen LogP contribution >= 0.6 is 11.3 Å². The number of para-hydroxylation sites is 1. The van der Waals surface area contributed by atoms with Gasteiger partial charge in [0.05, 0.1) is 27.8 Å². The number of rotatable bonds is 5. The van der Waals surface area contributed by atoms with E-state index >= 15 is 0 Å². The van der Waals surface area contributed by atoms with Gasteiger partial charge in [0.1, 0.15) is 4.83 Å². The largest absolute Gasteiger partial charge is 0.334 e. The molecule has 0 saturated carbocycles. The van der Waals surface area contributed by atoms with Gasteiger partial charge in [0.2, 0.25) is 0 Å². The number of carbonyl (C=O) groups excluding carboxylic acids is 1. The van der Waals surface area contributed by atoms with Crippen molar-refractivity contribution in [2.45, 2.75) is 32.7 Å². The van der Waals surface area contributed by atoms with Crippen LogP contribution in [0.3, 0.4) is 0 Å². The summed E-state index contributed by atoms with van der Waals surface area (Å²) in [5, 5.41) is 5.59. The molecule has 28 heavy (non-hydrogen) atoms. The van der Waals surface area contributed by atoms with Crippen molar-refractivity contribution in [3.8, 4) is 5.69 Å². The van der Waals surface area contributed by atoms with Gasteiger partial charge in [-0.2, -0.15) is 5.10 Å². The number of nitrogens with zero attached hydrogens (tertiary/aromatic N) is 3. The summed E-state index contributed by atoms with van der Waals surface area (Å²) in [6.45, 7) is 4.51. The van der Waals surface area contributed by atoms with Crippen molar-refractivity contribution in [2.24, 2.45) is 0 Å². The number of aromatic nitrogens is 2. The van der Waals surface area contributed by atoms with Gasteiger partial charge in [-0.05, 0) is 38.0 Å². The van der Waals surface area contributed by atoms with Crippen molar-refractivity contribution in [1.29, 1.82) is 0 Å². The molecule has 8 heteroatoms. The molecule has 1 saturated heterocycles. The van der Waals surface area contributed by atoms with Gasteiger partial charge in [-0.15, -0.1) is 11.3 Å². The molecule has 1 unspecified atom stereocenters. The zero-order valence-electron chi connectivity index (χ0n) is 16.0. The molecular weight excluding hydrogens is 394 g/mol. The van der Waals surface area contributed by atoms with Gasteiger partial charge in [-0.3, -0.25) is 4.79 Å². The van der Waals surface area contributed by atoms with Crippen molar-refractivity contribution in [3.63, 3.8) is 0 Å². The minimum absolute atomic E-state index is 0.0699. The summed E-state index contributed by atoms with van der Waals surface area (Å²) < 4.78 is 25.7. The van der Waals surface area contributed by atoms with Crippen LogP contribution in [0, 0.1) is 6.92 Å². The summed E-state index contributed by atoms with van der Waals surface area (Å²) in [7, 11) is -3.04. The third-order valence-corrected chi connectivity index (χ3v) is 7.98. The molecule has 0 aliphatic carbocycles. The molecule has 0 bridgehead atoms. The second-order valence-electron chi connectivity index (χ2n) is 7.22. The Morgan fingerprint density at radius 2 is 2.07 bits per heavy atom. The molecule has 1 aliphatic rings. The van der Waals surface area contributed by atoms with Gasteiger partial charge in [-0.25, -0.2) is 13.1 Å². The summed E-state index contributed by atoms with van der Waals surface area (Å²) in [5.41, 5.74) is 1.83. The maximum absolute atomic E-state index is 13.3. The predicted octanol–water partition coefficient (Wildman–Crippen LogP) is 3.43. The molecule has 1 aromatic carbocycles. The molecule has 3 aromatic rings. The number of fused-ring (bicyclic) bond motifs is 1. The maximum atomic E-state index is 13.3. The summed E-state index contributed by atoms with van der Waals surface area (Å²) in [6, 6.07) is 11.5. The van der Waals surface area contributed by atoms with E-state index in [0.29, 0.717) is 17.8 Å². The fourth-order valence-corrected chi connectivity index (χ4v) is 6.62. The molecule has 148 valence electrons. The third kappa shape index (κ3) is 3.46. The lowest BCUT2D eigenvalue weighted by molar-refractivity contribution is 0.0702. The zero-order valence-corrected chi connectivity index (χ0v) is 17.6. The fraction of sp³-hybridized carbons (Fsp3) is 0.400. The third-order valence-electron chi connectivity index (χ3n) is 5.13. The standard InChI is InChI=1S/C20H23N3O3S2/c1-3-10-22(16-9-11-28(25,26)13-16)19(24)18-12-17-14(2)21-23(20(17)27-18)15-7-5-4-6-8-15/h4-8,12,16H,3,9-11,13H2,1-2H3. The number of hydrogen-bond acceptors (Lipinski definition) is 5. The second kappa shape index (κ2) is 7.33. The number of carbonyl (C=O) groups is 1. The first kappa shape index (κ1) is 19.1. The van der Waals surface area contributed by atoms with Crippen LogP contribution in [0.25, 0.3) is 15.9 Å². The van der Waals surface area contributed by atoms with Gasteiger partial charge in [0.25, 0.3) is 5.91 Å². The number of aryl methyl sites for hydroxylation is 1. The molecule has 0 spiro atoms. The summed E-state index contributed by atoms with van der Waals surface area (Å²) in [4.78, 5) is 16.6. The number of thiophene rings is 1. The summed E-state index contributed by atoms with van der Waals surface area (Å²) >= 11 is 1.42. The van der Waals surface area contributed by atoms with Crippen LogP contribution < -0.4 is 0 Å². The Morgan fingerprint density at radius 1 is 1.32 bits per heavy atom. The lowest BCUT2D eigenvalue weighted by Gasteiger charge is -2.27. The highest BCUT2D eigenvalue weighted by atomic mass is 32.2. The van der Waals surface area contributed by atoms with Crippen LogP contribution in [0.5, 0.6) is 0 Å². The first-order valence-corrected chi connectivity index (χ1v) is 12.1. The van der Waals surface area contributed by atoms with Crippen LogP contribution in [-0.2, 0) is 9.84 Å². The van der Waals surface area contributed by atoms with E-state index in [4.69, 9.17) is 0 Å². The Hall–Kier alpha value is -2.19. The van der Waals surface area contributed by atoms with Crippen molar-refractivity contribution < 1.29 is 13.2 Å². The minimum atomic E-state index is -3.04. The van der Waals surface area contributed by atoms with Gasteiger partial charge in [0, 0.05) is 18.0 Å². The van der Waals surface area contributed by atoms with Crippen LogP contribution in [0.2, 0.25) is 0 Å². The number of amides is 1. The highest BCUT2D eigenvalue weighted by molar-refractivity contribution is 7.91. The van der Waals surface area contributed by atoms with E-state index in [0.717, 1.165) is 28.0 Å². The molecular formula is C20H23N3O3S2. The second-order valence-corrected chi connectivity index (χ2v) is 10.5. The SMILES string of the molecule is CCCN(C(=O)c1cc2c(C)nn(-c3ccccc3)c2s1)C1CCS(=O)(=O)C1. The summed E-state index contributed by atoms with van der Waals surface area (Å²) in [5.74, 6) is 0.157. The Labute approximate surface area is 168 Å². The lowest BCUT2D eigenvalue weighted by Crippen LogP contribution is -2.41. The number of hydrogen-bond donors (Lipinski definition) is 0. The van der Waals surface area contributed by atoms with Gasteiger partial charge < -0.3 is 4.90 Å². The van der Waals surface area contributed by atoms with Crippen molar-refractivity contribution in [2.75, 3.05) is 18.1 Å². The molecule has 4 rings (SSSR count). The van der Waals surface area contributed by atoms with E-state index in [1.54, 1.807) is 4.90 Å². The van der Waals surface area contributed by atoms with Gasteiger partial charge >= 0.3 is 0 Å². The fourth-order valence-electron chi connectivity index (χ4n) is 3.75. The van der Waals surface area contributed by atoms with Crippen molar-refractivity contribution >= 4 is 37.3 Å². The molecule has 0 N–H and O–H groups in total. The van der Waals surface area contributed by atoms with Crippen LogP contribution in [0.15, 0.2) is 36.4 Å². The molecule has 2 aromatic heterocycles. The van der Waals surface area contributed by atoms with E-state index in [2.05, 4.69) is 5.10 Å². The van der Waals surface area contributed by atoms with E-state index in [-0.39, 0.29) is 23.5 Å². The number of benzene rings is 1. The Morgan fingerprint density at radius 3 is 2.71 bits per heavy atom. The Bertz CT molecular complexity index is 1120. The molecule has 3 heterocycles. The van der Waals surface area contributed by atoms with Crippen LogP contribution in [0.4, 0.5) is 0 Å². The molecule has 1 atom stereocenters. The lowest BCUT2D eigenvalue weighted by atomic mass is 10.2. The highest BCUT2D eigenvalue weighted by Gasteiger charge is 2.35. The van der Waals surface area contributed by atoms with Crippen LogP contribution in [0.1, 0.15) is 35.1 Å². The normalized spacial score (nSPS) is 18.6. The van der Waals surface area contributed by atoms with E-state index in [1.165, 1.54) is 11.3 Å². The molecule has 1 aliphatic heterocycles. The molecule has 0 radical (unpaired) electrons. The van der Waals surface area contributed by atoms with Crippen molar-refractivity contribution in [3.05, 3.63) is 47.0 Å². The topological polar surface area (TPSA) is 72.3 Å². The Kier molecular flexibility index (Phi) is 5.01. The molecule has 1 fully saturated rings. The van der Waals surface area contributed by atoms with Gasteiger partial charge in [0.15, 0.2) is 9.84 Å². The zero-order chi connectivity index (χ0) is 19.9. The van der Waals surface area contributed by atoms with E-state index in [9.17, 15) is 13.2 Å². The average molecular weight is 418 g/mol. The first-order valence-electron chi connectivity index (χ1n) is 9.45. The highest BCUT2D eigenvalue weighted by Crippen LogP contribution is 2.32. The number of sulfone groups is 1. The minimum Gasteiger partial charge on any atom is -0.334 e. The monoisotopic (exact) mass is 417 g/mol. The average Bonchev–Trinajstić information content (AvgIpc) is 3.35. The smallest absolute Gasteiger partial charge is 0.264 e. The Balaban J connectivity index is 1.71. The van der Waals surface area contributed by atoms with E-state index < -0.39 is 9.84 Å². The molecule has 6 nitrogen and oxygen atoms in total. The predicted molar refractivity (Wildman–Crippen MR) is 112 cm³/mol. The first-order chi connectivity index (χ1) is 13.4. The maximum Gasteiger partial charge on any atom is 0.264 e. The van der Waals surface area contributed by atoms with Crippen LogP contribution in [-0.4, -0.2) is 53.1 Å². The van der Waals surface area contributed by atoms with Crippen molar-refractivity contribution in [1.82, 2.24) is 14.7 Å². The summed E-state index contributed by atoms with van der Waals surface area (Å²) in [6.07, 6.45) is 1.32. The molecule has 1 amide bonds. The van der Waals surface area contributed by atoms with E-state index in [1.807, 2.05) is 54.9 Å².